The van der Waals surface area contributed by atoms with E-state index in [4.69, 9.17) is 4.42 Å². The third kappa shape index (κ3) is 4.81. The maximum Gasteiger partial charge on any atom is 0.213 e. The van der Waals surface area contributed by atoms with Gasteiger partial charge in [0, 0.05) is 32.0 Å². The summed E-state index contributed by atoms with van der Waals surface area (Å²) >= 11 is 0. The molecule has 0 bridgehead atoms. The van der Waals surface area contributed by atoms with E-state index in [-0.39, 0.29) is 5.41 Å². The molecule has 24 heavy (non-hydrogen) atoms. The summed E-state index contributed by atoms with van der Waals surface area (Å²) in [6.07, 6.45) is 4.40. The van der Waals surface area contributed by atoms with Gasteiger partial charge in [0.25, 0.3) is 0 Å². The first-order valence-electron chi connectivity index (χ1n) is 8.20. The van der Waals surface area contributed by atoms with Gasteiger partial charge in [-0.1, -0.05) is 27.7 Å². The van der Waals surface area contributed by atoms with E-state index in [0.717, 1.165) is 31.1 Å². The van der Waals surface area contributed by atoms with E-state index in [1.807, 2.05) is 4.57 Å². The Balaban J connectivity index is 1.79. The first kappa shape index (κ1) is 18.0. The van der Waals surface area contributed by atoms with Crippen molar-refractivity contribution in [1.29, 1.82) is 0 Å². The molecule has 8 nitrogen and oxygen atoms in total. The zero-order chi connectivity index (χ0) is 17.6. The Labute approximate surface area is 142 Å². The van der Waals surface area contributed by atoms with Gasteiger partial charge in [0.15, 0.2) is 5.96 Å². The number of aromatic nitrogens is 4. The standard InChI is InChI=1S/C16H27N7O/c1-6-13-22-21-11-23(13)8-7-18-15(17-5)20-10-14-19-9-12(24-14)16(2,3)4/h9,11H,6-8,10H2,1-5H3,(H2,17,18,20). The molecule has 0 radical (unpaired) electrons. The smallest absolute Gasteiger partial charge is 0.213 e. The van der Waals surface area contributed by atoms with Gasteiger partial charge in [-0.2, -0.15) is 0 Å². The number of aryl methyl sites for hydroxylation is 1. The summed E-state index contributed by atoms with van der Waals surface area (Å²) in [5.41, 5.74) is -0.0407. The van der Waals surface area contributed by atoms with E-state index in [2.05, 4.69) is 58.5 Å². The second-order valence-electron chi connectivity index (χ2n) is 6.51. The lowest BCUT2D eigenvalue weighted by atomic mass is 9.94. The van der Waals surface area contributed by atoms with Gasteiger partial charge in [0.1, 0.15) is 17.9 Å². The number of aliphatic imine (C=N–C) groups is 1. The van der Waals surface area contributed by atoms with Crippen LogP contribution in [0, 0.1) is 0 Å². The highest BCUT2D eigenvalue weighted by molar-refractivity contribution is 5.79. The van der Waals surface area contributed by atoms with Crippen molar-refractivity contribution >= 4 is 5.96 Å². The highest BCUT2D eigenvalue weighted by Crippen LogP contribution is 2.22. The zero-order valence-corrected chi connectivity index (χ0v) is 15.1. The van der Waals surface area contributed by atoms with Crippen molar-refractivity contribution in [3.05, 3.63) is 30.0 Å². The molecule has 0 spiro atoms. The summed E-state index contributed by atoms with van der Waals surface area (Å²) in [6, 6.07) is 0. The lowest BCUT2D eigenvalue weighted by molar-refractivity contribution is 0.379. The third-order valence-electron chi connectivity index (χ3n) is 3.58. The normalized spacial score (nSPS) is 12.5. The number of guanidine groups is 1. The molecule has 2 aromatic rings. The molecular weight excluding hydrogens is 306 g/mol. The maximum absolute atomic E-state index is 5.76. The quantitative estimate of drug-likeness (QED) is 0.614. The van der Waals surface area contributed by atoms with Crippen molar-refractivity contribution in [1.82, 2.24) is 30.4 Å². The van der Waals surface area contributed by atoms with Crippen LogP contribution in [-0.2, 0) is 24.9 Å². The van der Waals surface area contributed by atoms with Gasteiger partial charge in [-0.15, -0.1) is 10.2 Å². The molecule has 0 aliphatic rings. The molecule has 0 unspecified atom stereocenters. The Hall–Kier alpha value is -2.38. The number of rotatable bonds is 6. The molecule has 0 saturated carbocycles. The van der Waals surface area contributed by atoms with Crippen LogP contribution in [0.25, 0.3) is 0 Å². The second-order valence-corrected chi connectivity index (χ2v) is 6.51. The van der Waals surface area contributed by atoms with Crippen LogP contribution in [0.5, 0.6) is 0 Å². The van der Waals surface area contributed by atoms with Crippen LogP contribution < -0.4 is 10.6 Å². The van der Waals surface area contributed by atoms with Crippen molar-refractivity contribution < 1.29 is 4.42 Å². The molecule has 0 fully saturated rings. The summed E-state index contributed by atoms with van der Waals surface area (Å²) in [5, 5.41) is 14.5. The van der Waals surface area contributed by atoms with Crippen molar-refractivity contribution in [2.75, 3.05) is 13.6 Å². The van der Waals surface area contributed by atoms with Crippen molar-refractivity contribution in [3.8, 4) is 0 Å². The molecule has 0 saturated heterocycles. The molecule has 2 rings (SSSR count). The zero-order valence-electron chi connectivity index (χ0n) is 15.1. The van der Waals surface area contributed by atoms with Crippen molar-refractivity contribution in [3.63, 3.8) is 0 Å². The van der Waals surface area contributed by atoms with Gasteiger partial charge in [0.2, 0.25) is 5.89 Å². The van der Waals surface area contributed by atoms with Crippen LogP contribution in [0.2, 0.25) is 0 Å². The topological polar surface area (TPSA) is 93.2 Å². The molecule has 0 aliphatic carbocycles. The fourth-order valence-electron chi connectivity index (χ4n) is 2.15. The molecule has 0 atom stereocenters. The number of hydrogen-bond acceptors (Lipinski definition) is 5. The average Bonchev–Trinajstić information content (AvgIpc) is 3.19. The number of nitrogens with one attached hydrogen (secondary N) is 2. The number of nitrogens with zero attached hydrogens (tertiary/aromatic N) is 5. The van der Waals surface area contributed by atoms with Gasteiger partial charge in [0.05, 0.1) is 12.7 Å². The molecule has 132 valence electrons. The number of oxazole rings is 1. The van der Waals surface area contributed by atoms with Gasteiger partial charge in [-0.25, -0.2) is 4.98 Å². The van der Waals surface area contributed by atoms with E-state index < -0.39 is 0 Å². The predicted molar refractivity (Wildman–Crippen MR) is 92.8 cm³/mol. The van der Waals surface area contributed by atoms with Crippen molar-refractivity contribution in [2.24, 2.45) is 4.99 Å². The van der Waals surface area contributed by atoms with Crippen LogP contribution in [-0.4, -0.2) is 39.3 Å². The SMILES string of the molecule is CCc1nncn1CCNC(=NC)NCc1ncc(C(C)(C)C)o1. The van der Waals surface area contributed by atoms with E-state index >= 15 is 0 Å². The summed E-state index contributed by atoms with van der Waals surface area (Å²) in [4.78, 5) is 8.50. The Morgan fingerprint density at radius 1 is 1.33 bits per heavy atom. The van der Waals surface area contributed by atoms with E-state index in [1.54, 1.807) is 19.6 Å². The monoisotopic (exact) mass is 333 g/mol. The van der Waals surface area contributed by atoms with Gasteiger partial charge < -0.3 is 19.6 Å². The average molecular weight is 333 g/mol. The van der Waals surface area contributed by atoms with Gasteiger partial charge in [-0.3, -0.25) is 4.99 Å². The lowest BCUT2D eigenvalue weighted by Gasteiger charge is -2.13. The number of hydrogen-bond donors (Lipinski definition) is 2. The summed E-state index contributed by atoms with van der Waals surface area (Å²) < 4.78 is 7.79. The van der Waals surface area contributed by atoms with Crippen molar-refractivity contribution in [2.45, 2.75) is 52.6 Å². The molecular formula is C16H27N7O. The fourth-order valence-corrected chi connectivity index (χ4v) is 2.15. The predicted octanol–water partition coefficient (Wildman–Crippen LogP) is 1.49. The fraction of sp³-hybridized carbons (Fsp3) is 0.625. The molecule has 2 heterocycles. The third-order valence-corrected chi connectivity index (χ3v) is 3.58. The summed E-state index contributed by atoms with van der Waals surface area (Å²) in [7, 11) is 1.74. The Morgan fingerprint density at radius 3 is 2.75 bits per heavy atom. The van der Waals surface area contributed by atoms with Gasteiger partial charge >= 0.3 is 0 Å². The molecule has 8 heteroatoms. The van der Waals surface area contributed by atoms with Crippen LogP contribution in [0.4, 0.5) is 0 Å². The Bertz CT molecular complexity index is 666. The minimum Gasteiger partial charge on any atom is -0.443 e. The van der Waals surface area contributed by atoms with E-state index in [1.165, 1.54) is 0 Å². The second kappa shape index (κ2) is 7.94. The van der Waals surface area contributed by atoms with E-state index in [0.29, 0.717) is 18.4 Å². The first-order chi connectivity index (χ1) is 11.4. The largest absolute Gasteiger partial charge is 0.443 e. The summed E-state index contributed by atoms with van der Waals surface area (Å²) in [6.45, 7) is 10.4. The molecule has 2 aromatic heterocycles. The first-order valence-corrected chi connectivity index (χ1v) is 8.20. The van der Waals surface area contributed by atoms with Crippen LogP contribution >= 0.6 is 0 Å². The Kier molecular flexibility index (Phi) is 5.94. The lowest BCUT2D eigenvalue weighted by Crippen LogP contribution is -2.38. The molecule has 2 N–H and O–H groups in total. The highest BCUT2D eigenvalue weighted by atomic mass is 16.4. The molecule has 0 amide bonds. The molecule has 0 aromatic carbocycles. The minimum absolute atomic E-state index is 0.0407. The minimum atomic E-state index is -0.0407. The molecule has 0 aliphatic heterocycles. The maximum atomic E-state index is 5.76. The van der Waals surface area contributed by atoms with Crippen LogP contribution in [0.3, 0.4) is 0 Å². The van der Waals surface area contributed by atoms with Gasteiger partial charge in [-0.05, 0) is 0 Å². The summed E-state index contributed by atoms with van der Waals surface area (Å²) in [5.74, 6) is 3.21. The van der Waals surface area contributed by atoms with Crippen LogP contribution in [0.1, 0.15) is 45.2 Å². The van der Waals surface area contributed by atoms with Crippen LogP contribution in [0.15, 0.2) is 21.9 Å². The van der Waals surface area contributed by atoms with E-state index in [9.17, 15) is 0 Å². The Morgan fingerprint density at radius 2 is 2.12 bits per heavy atom. The highest BCUT2D eigenvalue weighted by Gasteiger charge is 2.19.